The van der Waals surface area contributed by atoms with Crippen LogP contribution in [0.1, 0.15) is 26.7 Å². The quantitative estimate of drug-likeness (QED) is 0.872. The molecule has 0 bridgehead atoms. The monoisotopic (exact) mass is 316 g/mol. The van der Waals surface area contributed by atoms with Crippen molar-refractivity contribution in [3.63, 3.8) is 0 Å². The van der Waals surface area contributed by atoms with Gasteiger partial charge in [-0.1, -0.05) is 25.4 Å². The fraction of sp³-hybridized carbons (Fsp3) is 0.571. The number of hydrogen-bond acceptors (Lipinski definition) is 3. The minimum absolute atomic E-state index is 0.113. The zero-order valence-corrected chi connectivity index (χ0v) is 13.4. The van der Waals surface area contributed by atoms with Crippen molar-refractivity contribution in [3.05, 3.63) is 23.2 Å². The standard InChI is InChI=1S/C14H21ClN2O2S/c1-10(2)11-5-7-17(8-6-11)20(18,19)14-9-12(16)3-4-13(14)15/h3-4,9-11H,5-8,16H2,1-2H3. The van der Waals surface area contributed by atoms with Gasteiger partial charge in [-0.2, -0.15) is 4.31 Å². The Morgan fingerprint density at radius 2 is 1.90 bits per heavy atom. The zero-order valence-electron chi connectivity index (χ0n) is 11.8. The minimum Gasteiger partial charge on any atom is -0.399 e. The first-order chi connectivity index (χ1) is 9.32. The van der Waals surface area contributed by atoms with E-state index in [2.05, 4.69) is 13.8 Å². The molecule has 1 aliphatic heterocycles. The van der Waals surface area contributed by atoms with E-state index in [1.165, 1.54) is 16.4 Å². The summed E-state index contributed by atoms with van der Waals surface area (Å²) in [5.74, 6) is 1.19. The van der Waals surface area contributed by atoms with Crippen molar-refractivity contribution in [3.8, 4) is 0 Å². The number of rotatable bonds is 3. The topological polar surface area (TPSA) is 63.4 Å². The molecule has 1 aliphatic rings. The highest BCUT2D eigenvalue weighted by Crippen LogP contribution is 2.31. The fourth-order valence-corrected chi connectivity index (χ4v) is 4.62. The maximum absolute atomic E-state index is 12.6. The number of hydrogen-bond donors (Lipinski definition) is 1. The van der Waals surface area contributed by atoms with E-state index in [4.69, 9.17) is 17.3 Å². The first-order valence-corrected chi connectivity index (χ1v) is 8.69. The normalized spacial score (nSPS) is 18.6. The molecule has 0 radical (unpaired) electrons. The lowest BCUT2D eigenvalue weighted by Gasteiger charge is -2.33. The van der Waals surface area contributed by atoms with Crippen LogP contribution in [0.5, 0.6) is 0 Å². The molecule has 0 unspecified atom stereocenters. The molecule has 0 spiro atoms. The van der Waals surface area contributed by atoms with Crippen molar-refractivity contribution < 1.29 is 8.42 Å². The Kier molecular flexibility index (Phi) is 4.62. The molecule has 6 heteroatoms. The maximum Gasteiger partial charge on any atom is 0.244 e. The first-order valence-electron chi connectivity index (χ1n) is 6.87. The molecule has 0 aromatic heterocycles. The lowest BCUT2D eigenvalue weighted by molar-refractivity contribution is 0.226. The average molecular weight is 317 g/mol. The van der Waals surface area contributed by atoms with E-state index in [9.17, 15) is 8.42 Å². The van der Waals surface area contributed by atoms with Crippen LogP contribution in [0.4, 0.5) is 5.69 Å². The summed E-state index contributed by atoms with van der Waals surface area (Å²) in [5, 5.41) is 0.227. The SMILES string of the molecule is CC(C)C1CCN(S(=O)(=O)c2cc(N)ccc2Cl)CC1. The number of nitrogen functional groups attached to an aromatic ring is 1. The summed E-state index contributed by atoms with van der Waals surface area (Å²) < 4.78 is 26.8. The van der Waals surface area contributed by atoms with Crippen LogP contribution in [0.25, 0.3) is 0 Å². The van der Waals surface area contributed by atoms with Gasteiger partial charge in [-0.3, -0.25) is 0 Å². The van der Waals surface area contributed by atoms with Gasteiger partial charge in [0, 0.05) is 18.8 Å². The van der Waals surface area contributed by atoms with Crippen LogP contribution in [0, 0.1) is 11.8 Å². The van der Waals surface area contributed by atoms with Gasteiger partial charge in [0.2, 0.25) is 10.0 Å². The fourth-order valence-electron chi connectivity index (χ4n) is 2.64. The number of nitrogens with zero attached hydrogens (tertiary/aromatic N) is 1. The zero-order chi connectivity index (χ0) is 14.9. The second kappa shape index (κ2) is 5.92. The summed E-state index contributed by atoms with van der Waals surface area (Å²) in [7, 11) is -3.54. The molecule has 0 amide bonds. The molecule has 112 valence electrons. The van der Waals surface area contributed by atoms with Crippen molar-refractivity contribution in [1.82, 2.24) is 4.31 Å². The Morgan fingerprint density at radius 3 is 2.45 bits per heavy atom. The van der Waals surface area contributed by atoms with Gasteiger partial charge in [-0.25, -0.2) is 8.42 Å². The molecule has 0 saturated carbocycles. The molecule has 1 fully saturated rings. The smallest absolute Gasteiger partial charge is 0.244 e. The summed E-state index contributed by atoms with van der Waals surface area (Å²) >= 11 is 6.02. The van der Waals surface area contributed by atoms with Crippen LogP contribution in [0.15, 0.2) is 23.1 Å². The molecule has 4 nitrogen and oxygen atoms in total. The van der Waals surface area contributed by atoms with Gasteiger partial charge in [-0.15, -0.1) is 0 Å². The van der Waals surface area contributed by atoms with Gasteiger partial charge in [-0.05, 0) is 42.9 Å². The summed E-state index contributed by atoms with van der Waals surface area (Å²) in [6, 6.07) is 4.57. The number of piperidine rings is 1. The molecule has 1 aromatic rings. The molecule has 1 saturated heterocycles. The lowest BCUT2D eigenvalue weighted by Crippen LogP contribution is -2.39. The summed E-state index contributed by atoms with van der Waals surface area (Å²) in [6.45, 7) is 5.47. The molecule has 0 atom stereocenters. The van der Waals surface area contributed by atoms with Crippen molar-refractivity contribution >= 4 is 27.3 Å². The first kappa shape index (κ1) is 15.6. The van der Waals surface area contributed by atoms with Crippen LogP contribution in [-0.2, 0) is 10.0 Å². The van der Waals surface area contributed by atoms with Crippen LogP contribution in [0.3, 0.4) is 0 Å². The number of anilines is 1. The molecule has 0 aliphatic carbocycles. The molecule has 1 aromatic carbocycles. The second-order valence-corrected chi connectivity index (χ2v) is 7.99. The predicted octanol–water partition coefficient (Wildman–Crippen LogP) is 2.98. The second-order valence-electron chi connectivity index (χ2n) is 5.68. The van der Waals surface area contributed by atoms with E-state index in [0.717, 1.165) is 12.8 Å². The van der Waals surface area contributed by atoms with E-state index >= 15 is 0 Å². The number of sulfonamides is 1. The Balaban J connectivity index is 2.22. The molecule has 1 heterocycles. The van der Waals surface area contributed by atoms with Crippen LogP contribution in [0.2, 0.25) is 5.02 Å². The molecule has 20 heavy (non-hydrogen) atoms. The maximum atomic E-state index is 12.6. The Bertz CT molecular complexity index is 579. The van der Waals surface area contributed by atoms with E-state index in [1.54, 1.807) is 6.07 Å². The minimum atomic E-state index is -3.54. The van der Waals surface area contributed by atoms with Crippen LogP contribution in [-0.4, -0.2) is 25.8 Å². The van der Waals surface area contributed by atoms with Gasteiger partial charge < -0.3 is 5.73 Å². The van der Waals surface area contributed by atoms with Crippen molar-refractivity contribution in [1.29, 1.82) is 0 Å². The van der Waals surface area contributed by atoms with Gasteiger partial charge in [0.15, 0.2) is 0 Å². The van der Waals surface area contributed by atoms with E-state index in [-0.39, 0.29) is 9.92 Å². The van der Waals surface area contributed by atoms with Gasteiger partial charge in [0.25, 0.3) is 0 Å². The molecular formula is C14H21ClN2O2S. The Labute approximate surface area is 126 Å². The molecule has 2 rings (SSSR count). The highest BCUT2D eigenvalue weighted by molar-refractivity contribution is 7.89. The summed E-state index contributed by atoms with van der Waals surface area (Å²) in [6.07, 6.45) is 1.80. The van der Waals surface area contributed by atoms with Crippen molar-refractivity contribution in [2.45, 2.75) is 31.6 Å². The summed E-state index contributed by atoms with van der Waals surface area (Å²) in [4.78, 5) is 0.113. The van der Waals surface area contributed by atoms with E-state index in [0.29, 0.717) is 30.6 Å². The average Bonchev–Trinajstić information content (AvgIpc) is 2.41. The van der Waals surface area contributed by atoms with E-state index in [1.807, 2.05) is 0 Å². The van der Waals surface area contributed by atoms with Crippen LogP contribution < -0.4 is 5.73 Å². The van der Waals surface area contributed by atoms with Gasteiger partial charge >= 0.3 is 0 Å². The predicted molar refractivity (Wildman–Crippen MR) is 82.2 cm³/mol. The largest absolute Gasteiger partial charge is 0.399 e. The Hall–Kier alpha value is -0.780. The third-order valence-electron chi connectivity index (χ3n) is 4.01. The lowest BCUT2D eigenvalue weighted by atomic mass is 9.87. The number of nitrogens with two attached hydrogens (primary N) is 1. The van der Waals surface area contributed by atoms with E-state index < -0.39 is 10.0 Å². The van der Waals surface area contributed by atoms with Gasteiger partial charge in [0.1, 0.15) is 4.90 Å². The van der Waals surface area contributed by atoms with Gasteiger partial charge in [0.05, 0.1) is 5.02 Å². The highest BCUT2D eigenvalue weighted by atomic mass is 35.5. The van der Waals surface area contributed by atoms with Crippen molar-refractivity contribution in [2.24, 2.45) is 11.8 Å². The molecule has 2 N–H and O–H groups in total. The highest BCUT2D eigenvalue weighted by Gasteiger charge is 2.31. The number of benzene rings is 1. The Morgan fingerprint density at radius 1 is 1.30 bits per heavy atom. The van der Waals surface area contributed by atoms with Crippen molar-refractivity contribution in [2.75, 3.05) is 18.8 Å². The molecular weight excluding hydrogens is 296 g/mol. The summed E-state index contributed by atoms with van der Waals surface area (Å²) in [5.41, 5.74) is 6.08. The third-order valence-corrected chi connectivity index (χ3v) is 6.39. The van der Waals surface area contributed by atoms with Crippen LogP contribution >= 0.6 is 11.6 Å². The third kappa shape index (κ3) is 3.10. The number of halogens is 1.